The molecule has 1 unspecified atom stereocenters. The molecular formula is C15H26N4O. The van der Waals surface area contributed by atoms with Gasteiger partial charge in [0.25, 0.3) is 0 Å². The van der Waals surface area contributed by atoms with Crippen molar-refractivity contribution >= 4 is 11.6 Å². The molecule has 2 heterocycles. The van der Waals surface area contributed by atoms with Gasteiger partial charge in [0.15, 0.2) is 0 Å². The Labute approximate surface area is 121 Å². The van der Waals surface area contributed by atoms with E-state index in [4.69, 9.17) is 4.74 Å². The molecule has 2 rings (SSSR count). The van der Waals surface area contributed by atoms with E-state index in [1.54, 1.807) is 6.33 Å². The van der Waals surface area contributed by atoms with Crippen LogP contribution in [0.2, 0.25) is 0 Å². The third-order valence-electron chi connectivity index (χ3n) is 3.66. The molecule has 1 aromatic heterocycles. The van der Waals surface area contributed by atoms with Crippen molar-refractivity contribution in [3.8, 4) is 0 Å². The van der Waals surface area contributed by atoms with E-state index in [2.05, 4.69) is 48.3 Å². The smallest absolute Gasteiger partial charge is 0.135 e. The van der Waals surface area contributed by atoms with E-state index in [0.29, 0.717) is 5.92 Å². The fourth-order valence-electron chi connectivity index (χ4n) is 2.67. The summed E-state index contributed by atoms with van der Waals surface area (Å²) >= 11 is 0. The van der Waals surface area contributed by atoms with Crippen LogP contribution in [0.3, 0.4) is 0 Å². The van der Waals surface area contributed by atoms with Gasteiger partial charge in [-0.05, 0) is 32.6 Å². The predicted octanol–water partition coefficient (Wildman–Crippen LogP) is 3.01. The number of rotatable bonds is 5. The molecule has 1 aromatic rings. The molecule has 1 fully saturated rings. The molecule has 5 nitrogen and oxygen atoms in total. The third-order valence-corrected chi connectivity index (χ3v) is 3.66. The molecule has 1 atom stereocenters. The second-order valence-corrected chi connectivity index (χ2v) is 6.01. The summed E-state index contributed by atoms with van der Waals surface area (Å²) in [5.74, 6) is 2.22. The SMILES string of the molecule is CCNc1ncnc(NC2(C)CCCOC2)c1C(C)C. The normalized spacial score (nSPS) is 22.9. The minimum absolute atomic E-state index is 0.0419. The first kappa shape index (κ1) is 15.0. The zero-order valence-corrected chi connectivity index (χ0v) is 13.0. The summed E-state index contributed by atoms with van der Waals surface area (Å²) in [4.78, 5) is 8.84. The second-order valence-electron chi connectivity index (χ2n) is 6.01. The van der Waals surface area contributed by atoms with Gasteiger partial charge < -0.3 is 15.4 Å². The van der Waals surface area contributed by atoms with Crippen LogP contribution >= 0.6 is 0 Å². The van der Waals surface area contributed by atoms with Crippen molar-refractivity contribution in [2.75, 3.05) is 30.4 Å². The fraction of sp³-hybridized carbons (Fsp3) is 0.733. The van der Waals surface area contributed by atoms with Crippen LogP contribution in [-0.2, 0) is 4.74 Å². The van der Waals surface area contributed by atoms with Gasteiger partial charge in [-0.1, -0.05) is 13.8 Å². The molecule has 1 saturated heterocycles. The van der Waals surface area contributed by atoms with Gasteiger partial charge in [-0.2, -0.15) is 0 Å². The third kappa shape index (κ3) is 3.39. The van der Waals surface area contributed by atoms with Crippen LogP contribution in [0, 0.1) is 0 Å². The largest absolute Gasteiger partial charge is 0.379 e. The highest BCUT2D eigenvalue weighted by molar-refractivity contribution is 5.59. The summed E-state index contributed by atoms with van der Waals surface area (Å²) in [6, 6.07) is 0. The summed E-state index contributed by atoms with van der Waals surface area (Å²) < 4.78 is 5.61. The van der Waals surface area contributed by atoms with Gasteiger partial charge in [-0.3, -0.25) is 0 Å². The number of hydrogen-bond acceptors (Lipinski definition) is 5. The van der Waals surface area contributed by atoms with Crippen molar-refractivity contribution in [2.45, 2.75) is 52.0 Å². The summed E-state index contributed by atoms with van der Waals surface area (Å²) in [7, 11) is 0. The van der Waals surface area contributed by atoms with Gasteiger partial charge >= 0.3 is 0 Å². The van der Waals surface area contributed by atoms with Crippen molar-refractivity contribution in [1.29, 1.82) is 0 Å². The Morgan fingerprint density at radius 3 is 2.70 bits per heavy atom. The van der Waals surface area contributed by atoms with Crippen LogP contribution < -0.4 is 10.6 Å². The van der Waals surface area contributed by atoms with E-state index in [1.165, 1.54) is 0 Å². The highest BCUT2D eigenvalue weighted by atomic mass is 16.5. The van der Waals surface area contributed by atoms with E-state index in [-0.39, 0.29) is 5.54 Å². The number of ether oxygens (including phenoxy) is 1. The maximum atomic E-state index is 5.61. The average Bonchev–Trinajstić information content (AvgIpc) is 2.39. The van der Waals surface area contributed by atoms with Gasteiger partial charge in [0.1, 0.15) is 18.0 Å². The molecule has 0 amide bonds. The van der Waals surface area contributed by atoms with E-state index in [9.17, 15) is 0 Å². The van der Waals surface area contributed by atoms with Crippen molar-refractivity contribution in [3.05, 3.63) is 11.9 Å². The Morgan fingerprint density at radius 1 is 1.35 bits per heavy atom. The summed E-state index contributed by atoms with van der Waals surface area (Å²) in [6.45, 7) is 11.1. The first-order valence-corrected chi connectivity index (χ1v) is 7.50. The summed E-state index contributed by atoms with van der Waals surface area (Å²) in [6.07, 6.45) is 3.82. The first-order valence-electron chi connectivity index (χ1n) is 7.50. The van der Waals surface area contributed by atoms with Crippen molar-refractivity contribution in [2.24, 2.45) is 0 Å². The number of aromatic nitrogens is 2. The Kier molecular flexibility index (Phi) is 4.81. The molecule has 0 saturated carbocycles. The van der Waals surface area contributed by atoms with Crippen LogP contribution in [0.4, 0.5) is 11.6 Å². The Morgan fingerprint density at radius 2 is 2.10 bits per heavy atom. The van der Waals surface area contributed by atoms with Crippen molar-refractivity contribution < 1.29 is 4.74 Å². The minimum Gasteiger partial charge on any atom is -0.379 e. The molecule has 0 spiro atoms. The number of nitrogens with zero attached hydrogens (tertiary/aromatic N) is 2. The van der Waals surface area contributed by atoms with Gasteiger partial charge in [0.05, 0.1) is 12.1 Å². The van der Waals surface area contributed by atoms with E-state index < -0.39 is 0 Å². The lowest BCUT2D eigenvalue weighted by atomic mass is 9.94. The average molecular weight is 278 g/mol. The highest BCUT2D eigenvalue weighted by Gasteiger charge is 2.29. The van der Waals surface area contributed by atoms with Crippen molar-refractivity contribution in [3.63, 3.8) is 0 Å². The van der Waals surface area contributed by atoms with Gasteiger partial charge in [0, 0.05) is 18.7 Å². The lowest BCUT2D eigenvalue weighted by Crippen LogP contribution is -2.43. The highest BCUT2D eigenvalue weighted by Crippen LogP contribution is 2.32. The van der Waals surface area contributed by atoms with Crippen LogP contribution in [-0.4, -0.2) is 35.3 Å². The van der Waals surface area contributed by atoms with Crippen molar-refractivity contribution in [1.82, 2.24) is 9.97 Å². The molecule has 1 aliphatic heterocycles. The van der Waals surface area contributed by atoms with Crippen LogP contribution in [0.25, 0.3) is 0 Å². The van der Waals surface area contributed by atoms with Crippen LogP contribution in [0.5, 0.6) is 0 Å². The Hall–Kier alpha value is -1.36. The zero-order chi connectivity index (χ0) is 14.6. The molecular weight excluding hydrogens is 252 g/mol. The molecule has 20 heavy (non-hydrogen) atoms. The van der Waals surface area contributed by atoms with E-state index in [0.717, 1.165) is 49.8 Å². The topological polar surface area (TPSA) is 59.1 Å². The zero-order valence-electron chi connectivity index (χ0n) is 13.0. The lowest BCUT2D eigenvalue weighted by Gasteiger charge is -2.35. The Bertz CT molecular complexity index is 441. The predicted molar refractivity (Wildman–Crippen MR) is 82.4 cm³/mol. The van der Waals surface area contributed by atoms with Gasteiger partial charge in [0.2, 0.25) is 0 Å². The number of anilines is 2. The van der Waals surface area contributed by atoms with E-state index >= 15 is 0 Å². The molecule has 2 N–H and O–H groups in total. The van der Waals surface area contributed by atoms with Gasteiger partial charge in [-0.15, -0.1) is 0 Å². The number of nitrogens with one attached hydrogen (secondary N) is 2. The monoisotopic (exact) mass is 278 g/mol. The molecule has 1 aliphatic rings. The summed E-state index contributed by atoms with van der Waals surface area (Å²) in [5, 5.41) is 6.92. The second kappa shape index (κ2) is 6.39. The lowest BCUT2D eigenvalue weighted by molar-refractivity contribution is 0.0538. The minimum atomic E-state index is -0.0419. The molecule has 0 bridgehead atoms. The quantitative estimate of drug-likeness (QED) is 0.867. The first-order chi connectivity index (χ1) is 9.56. The molecule has 5 heteroatoms. The molecule has 0 radical (unpaired) electrons. The maximum absolute atomic E-state index is 5.61. The fourth-order valence-corrected chi connectivity index (χ4v) is 2.67. The van der Waals surface area contributed by atoms with E-state index in [1.807, 2.05) is 0 Å². The molecule has 112 valence electrons. The standard InChI is InChI=1S/C15H26N4O/c1-5-16-13-12(11(2)3)14(18-10-17-13)19-15(4)7-6-8-20-9-15/h10-11H,5-9H2,1-4H3,(H2,16,17,18,19). The molecule has 0 aromatic carbocycles. The molecule has 0 aliphatic carbocycles. The van der Waals surface area contributed by atoms with Crippen LogP contribution in [0.1, 0.15) is 52.0 Å². The van der Waals surface area contributed by atoms with Crippen LogP contribution in [0.15, 0.2) is 6.33 Å². The van der Waals surface area contributed by atoms with Gasteiger partial charge in [-0.25, -0.2) is 9.97 Å². The number of hydrogen-bond donors (Lipinski definition) is 2. The Balaban J connectivity index is 2.28. The maximum Gasteiger partial charge on any atom is 0.135 e. The summed E-state index contributed by atoms with van der Waals surface area (Å²) in [5.41, 5.74) is 1.11.